The molecule has 0 saturated heterocycles. The summed E-state index contributed by atoms with van der Waals surface area (Å²) in [6, 6.07) is 7.10. The van der Waals surface area contributed by atoms with Crippen LogP contribution in [0.5, 0.6) is 0 Å². The van der Waals surface area contributed by atoms with E-state index < -0.39 is 10.0 Å². The molecule has 1 unspecified atom stereocenters. The number of benzene rings is 1. The number of rotatable bonds is 8. The third-order valence-electron chi connectivity index (χ3n) is 5.00. The number of aryl methyl sites for hydroxylation is 1. The van der Waals surface area contributed by atoms with Crippen molar-refractivity contribution in [2.24, 2.45) is 4.99 Å². The molecule has 0 amide bonds. The summed E-state index contributed by atoms with van der Waals surface area (Å²) in [6.07, 6.45) is 1.72. The number of methoxy groups -OCH3 is 1. The van der Waals surface area contributed by atoms with E-state index in [9.17, 15) is 8.42 Å². The van der Waals surface area contributed by atoms with E-state index in [0.717, 1.165) is 18.7 Å². The molecule has 0 spiro atoms. The molecular formula is C20H32IN7O3S. The maximum atomic E-state index is 12.6. The maximum absolute atomic E-state index is 12.6. The zero-order chi connectivity index (χ0) is 22.4. The Kier molecular flexibility index (Phi) is 9.85. The molecule has 1 aromatic heterocycles. The quantitative estimate of drug-likeness (QED) is 0.277. The molecule has 32 heavy (non-hydrogen) atoms. The van der Waals surface area contributed by atoms with Crippen LogP contribution in [0.2, 0.25) is 0 Å². The molecule has 1 atom stereocenters. The highest BCUT2D eigenvalue weighted by Crippen LogP contribution is 2.19. The zero-order valence-corrected chi connectivity index (χ0v) is 22.1. The normalized spacial score (nSPS) is 16.4. The van der Waals surface area contributed by atoms with Crippen molar-refractivity contribution in [2.75, 3.05) is 27.7 Å². The molecule has 12 heteroatoms. The first-order chi connectivity index (χ1) is 14.8. The van der Waals surface area contributed by atoms with E-state index in [4.69, 9.17) is 4.74 Å². The van der Waals surface area contributed by atoms with Crippen LogP contribution in [-0.2, 0) is 40.9 Å². The topological polar surface area (TPSA) is 114 Å². The summed E-state index contributed by atoms with van der Waals surface area (Å²) >= 11 is 0. The number of fused-ring (bicyclic) bond motifs is 1. The molecule has 178 valence electrons. The monoisotopic (exact) mass is 577 g/mol. The van der Waals surface area contributed by atoms with Crippen LogP contribution < -0.4 is 10.6 Å². The molecule has 0 fully saturated rings. The Hall–Kier alpha value is -1.77. The van der Waals surface area contributed by atoms with Crippen molar-refractivity contribution in [2.45, 2.75) is 50.4 Å². The van der Waals surface area contributed by atoms with Gasteiger partial charge >= 0.3 is 0 Å². The Bertz CT molecular complexity index is 1020. The lowest BCUT2D eigenvalue weighted by Gasteiger charge is -2.25. The highest BCUT2D eigenvalue weighted by molar-refractivity contribution is 14.0. The standard InChI is InChI=1S/C20H31N7O3S.HI/c1-5-21-20(22-12-15-8-6-7-9-17(15)31(28,29)26(2)3)23-16-10-11-19-24-18(14-30-4)25-27(19)13-16;/h6-9,16H,5,10-14H2,1-4H3,(H2,21,22,23);1H. The highest BCUT2D eigenvalue weighted by atomic mass is 127. The summed E-state index contributed by atoms with van der Waals surface area (Å²) in [5.74, 6) is 2.30. The van der Waals surface area contributed by atoms with E-state index in [1.54, 1.807) is 25.3 Å². The SMILES string of the molecule is CCNC(=NCc1ccccc1S(=O)(=O)N(C)C)NC1CCc2nc(COC)nn2C1.I. The molecule has 2 aromatic rings. The van der Waals surface area contributed by atoms with Crippen LogP contribution in [0.3, 0.4) is 0 Å². The van der Waals surface area contributed by atoms with Gasteiger partial charge in [0.25, 0.3) is 0 Å². The van der Waals surface area contributed by atoms with Crippen molar-refractivity contribution in [3.05, 3.63) is 41.5 Å². The first kappa shape index (κ1) is 26.5. The molecule has 2 heterocycles. The molecule has 0 radical (unpaired) electrons. The van der Waals surface area contributed by atoms with Gasteiger partial charge in [0, 0.05) is 40.2 Å². The van der Waals surface area contributed by atoms with E-state index in [0.29, 0.717) is 37.0 Å². The summed E-state index contributed by atoms with van der Waals surface area (Å²) in [4.78, 5) is 9.43. The number of sulfonamides is 1. The zero-order valence-electron chi connectivity index (χ0n) is 18.9. The van der Waals surface area contributed by atoms with Gasteiger partial charge in [-0.3, -0.25) is 0 Å². The third kappa shape index (κ3) is 6.39. The lowest BCUT2D eigenvalue weighted by molar-refractivity contribution is 0.177. The number of nitrogens with zero attached hydrogens (tertiary/aromatic N) is 5. The van der Waals surface area contributed by atoms with E-state index in [2.05, 4.69) is 25.7 Å². The van der Waals surface area contributed by atoms with Crippen molar-refractivity contribution < 1.29 is 13.2 Å². The Morgan fingerprint density at radius 3 is 2.78 bits per heavy atom. The Morgan fingerprint density at radius 1 is 1.34 bits per heavy atom. The maximum Gasteiger partial charge on any atom is 0.242 e. The van der Waals surface area contributed by atoms with Crippen LogP contribution in [0.15, 0.2) is 34.2 Å². The van der Waals surface area contributed by atoms with Crippen LogP contribution in [0, 0.1) is 0 Å². The first-order valence-electron chi connectivity index (χ1n) is 10.3. The molecule has 1 aliphatic rings. The van der Waals surface area contributed by atoms with E-state index in [1.165, 1.54) is 18.4 Å². The molecule has 0 bridgehead atoms. The van der Waals surface area contributed by atoms with Gasteiger partial charge in [0.2, 0.25) is 10.0 Å². The highest BCUT2D eigenvalue weighted by Gasteiger charge is 2.23. The molecule has 1 aliphatic heterocycles. The third-order valence-corrected chi connectivity index (χ3v) is 6.91. The average molecular weight is 577 g/mol. The first-order valence-corrected chi connectivity index (χ1v) is 11.8. The fourth-order valence-electron chi connectivity index (χ4n) is 3.43. The van der Waals surface area contributed by atoms with Gasteiger partial charge in [-0.15, -0.1) is 24.0 Å². The summed E-state index contributed by atoms with van der Waals surface area (Å²) in [5, 5.41) is 11.2. The number of aromatic nitrogens is 3. The number of ether oxygens (including phenoxy) is 1. The van der Waals surface area contributed by atoms with Gasteiger partial charge in [-0.2, -0.15) is 5.10 Å². The number of hydrogen-bond acceptors (Lipinski definition) is 6. The summed E-state index contributed by atoms with van der Waals surface area (Å²) in [5.41, 5.74) is 0.653. The minimum atomic E-state index is -3.54. The van der Waals surface area contributed by atoms with Gasteiger partial charge in [-0.1, -0.05) is 18.2 Å². The van der Waals surface area contributed by atoms with E-state index in [-0.39, 0.29) is 41.5 Å². The summed E-state index contributed by atoms with van der Waals surface area (Å²) in [7, 11) is 1.15. The Morgan fingerprint density at radius 2 is 2.09 bits per heavy atom. The lowest BCUT2D eigenvalue weighted by atomic mass is 10.1. The second-order valence-corrected chi connectivity index (χ2v) is 9.65. The summed E-state index contributed by atoms with van der Waals surface area (Å²) < 4.78 is 33.5. The fourth-order valence-corrected chi connectivity index (χ4v) is 4.54. The van der Waals surface area contributed by atoms with E-state index in [1.807, 2.05) is 17.7 Å². The van der Waals surface area contributed by atoms with Gasteiger partial charge < -0.3 is 15.4 Å². The number of halogens is 1. The molecule has 0 saturated carbocycles. The smallest absolute Gasteiger partial charge is 0.242 e. The second kappa shape index (κ2) is 11.9. The van der Waals surface area contributed by atoms with Crippen molar-refractivity contribution in [3.8, 4) is 0 Å². The van der Waals surface area contributed by atoms with Crippen LogP contribution in [0.25, 0.3) is 0 Å². The number of nitrogens with one attached hydrogen (secondary N) is 2. The van der Waals surface area contributed by atoms with Gasteiger partial charge in [-0.25, -0.2) is 27.4 Å². The van der Waals surface area contributed by atoms with Gasteiger partial charge in [0.15, 0.2) is 11.8 Å². The predicted molar refractivity (Wildman–Crippen MR) is 134 cm³/mol. The number of hydrogen-bond donors (Lipinski definition) is 2. The molecule has 2 N–H and O–H groups in total. The van der Waals surface area contributed by atoms with Crippen molar-refractivity contribution >= 4 is 40.0 Å². The number of aliphatic imine (C=N–C) groups is 1. The van der Waals surface area contributed by atoms with Crippen molar-refractivity contribution in [1.29, 1.82) is 0 Å². The fraction of sp³-hybridized carbons (Fsp3) is 0.550. The van der Waals surface area contributed by atoms with Crippen LogP contribution >= 0.6 is 24.0 Å². The van der Waals surface area contributed by atoms with Crippen LogP contribution in [0.1, 0.15) is 30.6 Å². The largest absolute Gasteiger partial charge is 0.377 e. The Balaban J connectivity index is 0.00000363. The predicted octanol–water partition coefficient (Wildman–Crippen LogP) is 1.36. The average Bonchev–Trinajstić information content (AvgIpc) is 3.14. The minimum absolute atomic E-state index is 0. The lowest BCUT2D eigenvalue weighted by Crippen LogP contribution is -2.47. The molecule has 3 rings (SSSR count). The molecule has 10 nitrogen and oxygen atoms in total. The minimum Gasteiger partial charge on any atom is -0.377 e. The second-order valence-electron chi connectivity index (χ2n) is 7.53. The van der Waals surface area contributed by atoms with Gasteiger partial charge in [-0.05, 0) is 25.0 Å². The molecular weight excluding hydrogens is 545 g/mol. The van der Waals surface area contributed by atoms with Gasteiger partial charge in [0.05, 0.1) is 18.0 Å². The molecule has 0 aliphatic carbocycles. The van der Waals surface area contributed by atoms with Gasteiger partial charge in [0.1, 0.15) is 12.4 Å². The van der Waals surface area contributed by atoms with Crippen LogP contribution in [0.4, 0.5) is 0 Å². The van der Waals surface area contributed by atoms with E-state index >= 15 is 0 Å². The van der Waals surface area contributed by atoms with Crippen molar-refractivity contribution in [3.63, 3.8) is 0 Å². The number of guanidine groups is 1. The molecule has 1 aromatic carbocycles. The Labute approximate surface area is 206 Å². The van der Waals surface area contributed by atoms with Crippen LogP contribution in [-0.4, -0.2) is 67.2 Å². The van der Waals surface area contributed by atoms with Crippen molar-refractivity contribution in [1.82, 2.24) is 29.7 Å². The summed E-state index contributed by atoms with van der Waals surface area (Å²) in [6.45, 7) is 4.02.